The Balaban J connectivity index is 1.71. The predicted molar refractivity (Wildman–Crippen MR) is 181 cm³/mol. The molecular weight excluding hydrogens is 504 g/mol. The quantitative estimate of drug-likeness (QED) is 0.197. The third-order valence-corrected chi connectivity index (χ3v) is 9.04. The van der Waals surface area contributed by atoms with Crippen molar-refractivity contribution in [1.82, 2.24) is 0 Å². The second-order valence-electron chi connectivity index (χ2n) is 11.4. The lowest BCUT2D eigenvalue weighted by Crippen LogP contribution is -2.08. The highest BCUT2D eigenvalue weighted by Gasteiger charge is 2.29. The van der Waals surface area contributed by atoms with E-state index < -0.39 is 0 Å². The number of hydrogen-bond acceptors (Lipinski definition) is 0. The first-order valence-corrected chi connectivity index (χ1v) is 15.1. The molecule has 6 aromatic rings. The minimum atomic E-state index is 0.301. The average Bonchev–Trinajstić information content (AvgIpc) is 3.07. The van der Waals surface area contributed by atoms with Gasteiger partial charge in [0.25, 0.3) is 0 Å². The zero-order chi connectivity index (χ0) is 27.9. The smallest absolute Gasteiger partial charge is 0.00682 e. The molecular formula is C42H32. The molecule has 0 amide bonds. The molecule has 0 aromatic heterocycles. The number of fused-ring (bicyclic) bond motifs is 3. The van der Waals surface area contributed by atoms with Crippen LogP contribution in [0.5, 0.6) is 0 Å². The van der Waals surface area contributed by atoms with Gasteiger partial charge in [-0.05, 0) is 90.9 Å². The highest BCUT2D eigenvalue weighted by molar-refractivity contribution is 6.25. The fourth-order valence-electron chi connectivity index (χ4n) is 7.33. The van der Waals surface area contributed by atoms with Gasteiger partial charge in [0.15, 0.2) is 0 Å². The molecule has 0 bridgehead atoms. The normalized spacial score (nSPS) is 15.8. The van der Waals surface area contributed by atoms with Gasteiger partial charge in [0.05, 0.1) is 0 Å². The summed E-state index contributed by atoms with van der Waals surface area (Å²) in [7, 11) is 0. The van der Waals surface area contributed by atoms with Crippen LogP contribution in [0.3, 0.4) is 0 Å². The van der Waals surface area contributed by atoms with Gasteiger partial charge in [0, 0.05) is 5.92 Å². The van der Waals surface area contributed by atoms with E-state index in [1.54, 1.807) is 0 Å². The van der Waals surface area contributed by atoms with E-state index in [1.807, 2.05) is 0 Å². The van der Waals surface area contributed by atoms with E-state index in [0.717, 1.165) is 19.3 Å². The highest BCUT2D eigenvalue weighted by Crippen LogP contribution is 2.53. The van der Waals surface area contributed by atoms with Crippen LogP contribution in [0.2, 0.25) is 0 Å². The average molecular weight is 537 g/mol. The summed E-state index contributed by atoms with van der Waals surface area (Å²) < 4.78 is 0. The van der Waals surface area contributed by atoms with Crippen molar-refractivity contribution in [3.8, 4) is 33.4 Å². The third kappa shape index (κ3) is 3.98. The standard InChI is InChI=1S/C42H32/c1-5-17-29(18-6-1)37-33-25-13-14-26-34(33)39(31-21-9-3-10-22-31)42-40(32-23-11-4-12-24-32)36-28-16-15-27-35(36)38(41(37)42)30-19-7-2-8-20-30/h1-15,17-21,23-27,31H,16,22,28H2. The van der Waals surface area contributed by atoms with Crippen molar-refractivity contribution in [3.63, 3.8) is 0 Å². The summed E-state index contributed by atoms with van der Waals surface area (Å²) in [5.41, 5.74) is 12.2. The number of benzene rings is 6. The first-order chi connectivity index (χ1) is 20.9. The number of hydrogen-bond donors (Lipinski definition) is 0. The van der Waals surface area contributed by atoms with Crippen molar-refractivity contribution in [2.75, 3.05) is 0 Å². The Morgan fingerprint density at radius 1 is 0.500 bits per heavy atom. The van der Waals surface area contributed by atoms with Gasteiger partial charge in [-0.3, -0.25) is 0 Å². The maximum atomic E-state index is 2.42. The second kappa shape index (κ2) is 10.5. The van der Waals surface area contributed by atoms with Crippen LogP contribution in [0.4, 0.5) is 0 Å². The van der Waals surface area contributed by atoms with Crippen molar-refractivity contribution in [1.29, 1.82) is 0 Å². The largest absolute Gasteiger partial charge is 0.0836 e. The molecule has 0 saturated heterocycles. The first kappa shape index (κ1) is 24.8. The van der Waals surface area contributed by atoms with Crippen molar-refractivity contribution in [2.45, 2.75) is 25.2 Å². The molecule has 2 aliphatic carbocycles. The SMILES string of the molecule is C1=CCC(c2c3ccccc3c(-c3ccccc3)c3c(-c4ccccc4)c4c(c(-c5ccccc5)c23)CCC=C4)C=C1. The first-order valence-electron chi connectivity index (χ1n) is 15.1. The molecule has 0 N–H and O–H groups in total. The van der Waals surface area contributed by atoms with E-state index in [1.165, 1.54) is 71.6 Å². The van der Waals surface area contributed by atoms with Crippen LogP contribution in [-0.2, 0) is 6.42 Å². The Morgan fingerprint density at radius 2 is 1.10 bits per heavy atom. The Kier molecular flexibility index (Phi) is 6.19. The Morgan fingerprint density at radius 3 is 1.74 bits per heavy atom. The minimum absolute atomic E-state index is 0.301. The molecule has 0 heteroatoms. The van der Waals surface area contributed by atoms with Gasteiger partial charge in [0.2, 0.25) is 0 Å². The van der Waals surface area contributed by atoms with Crippen LogP contribution in [0.1, 0.15) is 35.4 Å². The zero-order valence-electron chi connectivity index (χ0n) is 23.6. The lowest BCUT2D eigenvalue weighted by Gasteiger charge is -2.30. The lowest BCUT2D eigenvalue weighted by atomic mass is 9.73. The van der Waals surface area contributed by atoms with Crippen molar-refractivity contribution in [3.05, 3.63) is 162 Å². The number of rotatable bonds is 4. The van der Waals surface area contributed by atoms with E-state index in [-0.39, 0.29) is 0 Å². The van der Waals surface area contributed by atoms with E-state index in [2.05, 4.69) is 152 Å². The summed E-state index contributed by atoms with van der Waals surface area (Å²) in [5.74, 6) is 0.301. The van der Waals surface area contributed by atoms with E-state index in [9.17, 15) is 0 Å². The van der Waals surface area contributed by atoms with Gasteiger partial charge in [-0.25, -0.2) is 0 Å². The second-order valence-corrected chi connectivity index (χ2v) is 11.4. The Labute approximate surface area is 248 Å². The fraction of sp³-hybridized carbons (Fsp3) is 0.0952. The van der Waals surface area contributed by atoms with E-state index >= 15 is 0 Å². The molecule has 1 atom stereocenters. The topological polar surface area (TPSA) is 0 Å². The van der Waals surface area contributed by atoms with Crippen molar-refractivity contribution in [2.24, 2.45) is 0 Å². The Bertz CT molecular complexity index is 2020. The van der Waals surface area contributed by atoms with Gasteiger partial charge < -0.3 is 0 Å². The molecule has 42 heavy (non-hydrogen) atoms. The molecule has 2 aliphatic rings. The van der Waals surface area contributed by atoms with Gasteiger partial charge in [-0.15, -0.1) is 0 Å². The van der Waals surface area contributed by atoms with Gasteiger partial charge >= 0.3 is 0 Å². The summed E-state index contributed by atoms with van der Waals surface area (Å²) in [6.07, 6.45) is 17.1. The third-order valence-electron chi connectivity index (χ3n) is 9.04. The Hall–Kier alpha value is -4.94. The molecule has 8 rings (SSSR count). The molecule has 0 nitrogen and oxygen atoms in total. The zero-order valence-corrected chi connectivity index (χ0v) is 23.6. The predicted octanol–water partition coefficient (Wildman–Crippen LogP) is 11.6. The monoisotopic (exact) mass is 536 g/mol. The molecule has 200 valence electrons. The summed E-state index contributed by atoms with van der Waals surface area (Å²) in [5, 5.41) is 5.46. The van der Waals surface area contributed by atoms with Crippen LogP contribution < -0.4 is 0 Å². The van der Waals surface area contributed by atoms with Crippen LogP contribution in [0.15, 0.2) is 146 Å². The van der Waals surface area contributed by atoms with Gasteiger partial charge in [-0.2, -0.15) is 0 Å². The van der Waals surface area contributed by atoms with E-state index in [4.69, 9.17) is 0 Å². The van der Waals surface area contributed by atoms with Crippen LogP contribution in [0.25, 0.3) is 61.0 Å². The van der Waals surface area contributed by atoms with Gasteiger partial charge in [0.1, 0.15) is 0 Å². The molecule has 0 aliphatic heterocycles. The highest BCUT2D eigenvalue weighted by atomic mass is 14.3. The number of allylic oxidation sites excluding steroid dienone is 5. The molecule has 0 saturated carbocycles. The summed E-state index contributed by atoms with van der Waals surface area (Å²) in [6.45, 7) is 0. The van der Waals surface area contributed by atoms with Gasteiger partial charge in [-0.1, -0.05) is 152 Å². The summed E-state index contributed by atoms with van der Waals surface area (Å²) in [6, 6.07) is 42.4. The summed E-state index contributed by atoms with van der Waals surface area (Å²) >= 11 is 0. The fourth-order valence-corrected chi connectivity index (χ4v) is 7.33. The maximum Gasteiger partial charge on any atom is 0.00682 e. The molecule has 1 unspecified atom stereocenters. The molecule has 6 aromatic carbocycles. The molecule has 0 radical (unpaired) electrons. The lowest BCUT2D eigenvalue weighted by molar-refractivity contribution is 0.869. The molecule has 0 spiro atoms. The van der Waals surface area contributed by atoms with Crippen LogP contribution in [-0.4, -0.2) is 0 Å². The van der Waals surface area contributed by atoms with E-state index in [0.29, 0.717) is 5.92 Å². The maximum absolute atomic E-state index is 2.42. The molecule has 0 heterocycles. The summed E-state index contributed by atoms with van der Waals surface area (Å²) in [4.78, 5) is 0. The molecule has 0 fully saturated rings. The minimum Gasteiger partial charge on any atom is -0.0836 e. The van der Waals surface area contributed by atoms with Crippen LogP contribution >= 0.6 is 0 Å². The van der Waals surface area contributed by atoms with Crippen molar-refractivity contribution < 1.29 is 0 Å². The van der Waals surface area contributed by atoms with Crippen molar-refractivity contribution >= 4 is 27.6 Å². The van der Waals surface area contributed by atoms with Crippen LogP contribution in [0, 0.1) is 0 Å².